The topological polar surface area (TPSA) is 47.3 Å². The van der Waals surface area contributed by atoms with Crippen molar-refractivity contribution in [3.8, 4) is 5.75 Å². The summed E-state index contributed by atoms with van der Waals surface area (Å²) in [5.41, 5.74) is 8.04. The first-order chi connectivity index (χ1) is 7.40. The van der Waals surface area contributed by atoms with Crippen LogP contribution in [0.4, 0.5) is 5.69 Å². The third-order valence-electron chi connectivity index (χ3n) is 2.64. The molecule has 0 aromatic heterocycles. The number of hydrogen-bond donors (Lipinski definition) is 2. The number of fused-ring (bicyclic) bond motifs is 1. The van der Waals surface area contributed by atoms with Crippen LogP contribution < -0.4 is 15.8 Å². The van der Waals surface area contributed by atoms with Crippen LogP contribution in [0, 0.1) is 0 Å². The zero-order valence-electron chi connectivity index (χ0n) is 8.96. The van der Waals surface area contributed by atoms with Crippen molar-refractivity contribution in [1.82, 2.24) is 0 Å². The van der Waals surface area contributed by atoms with Crippen LogP contribution >= 0.6 is 0 Å². The number of anilines is 1. The van der Waals surface area contributed by atoms with Crippen molar-refractivity contribution in [3.63, 3.8) is 0 Å². The van der Waals surface area contributed by atoms with Crippen LogP contribution in [0.1, 0.15) is 18.4 Å². The molecule has 3 nitrogen and oxygen atoms in total. The molecule has 0 fully saturated rings. The van der Waals surface area contributed by atoms with Gasteiger partial charge < -0.3 is 15.8 Å². The lowest BCUT2D eigenvalue weighted by Crippen LogP contribution is -2.12. The molecule has 1 aliphatic rings. The number of rotatable bonds is 4. The van der Waals surface area contributed by atoms with Crippen LogP contribution in [0.5, 0.6) is 5.75 Å². The van der Waals surface area contributed by atoms with Crippen molar-refractivity contribution in [3.05, 3.63) is 23.8 Å². The van der Waals surface area contributed by atoms with Gasteiger partial charge in [0.1, 0.15) is 5.75 Å². The average Bonchev–Trinajstić information content (AvgIpc) is 2.29. The predicted molar refractivity (Wildman–Crippen MR) is 62.4 cm³/mol. The molecule has 0 bridgehead atoms. The maximum atomic E-state index is 5.59. The van der Waals surface area contributed by atoms with E-state index in [9.17, 15) is 0 Å². The number of nitrogens with two attached hydrogens (primary N) is 1. The van der Waals surface area contributed by atoms with Gasteiger partial charge in [0.05, 0.1) is 6.61 Å². The van der Waals surface area contributed by atoms with Gasteiger partial charge in [-0.2, -0.15) is 0 Å². The average molecular weight is 206 g/mol. The van der Waals surface area contributed by atoms with Crippen molar-refractivity contribution < 1.29 is 4.74 Å². The molecule has 3 N–H and O–H groups in total. The Hall–Kier alpha value is -1.22. The van der Waals surface area contributed by atoms with Gasteiger partial charge in [0, 0.05) is 18.3 Å². The van der Waals surface area contributed by atoms with Gasteiger partial charge in [0.15, 0.2) is 0 Å². The van der Waals surface area contributed by atoms with Crippen molar-refractivity contribution in [2.45, 2.75) is 19.3 Å². The van der Waals surface area contributed by atoms with E-state index in [1.165, 1.54) is 24.1 Å². The number of benzene rings is 1. The molecule has 15 heavy (non-hydrogen) atoms. The fourth-order valence-corrected chi connectivity index (χ4v) is 1.80. The molecule has 0 saturated carbocycles. The molecule has 0 unspecified atom stereocenters. The van der Waals surface area contributed by atoms with Gasteiger partial charge in [-0.1, -0.05) is 6.07 Å². The summed E-state index contributed by atoms with van der Waals surface area (Å²) in [4.78, 5) is 0. The summed E-state index contributed by atoms with van der Waals surface area (Å²) in [5.74, 6) is 0.941. The van der Waals surface area contributed by atoms with Gasteiger partial charge in [-0.05, 0) is 37.4 Å². The van der Waals surface area contributed by atoms with E-state index < -0.39 is 0 Å². The molecule has 2 rings (SSSR count). The van der Waals surface area contributed by atoms with Crippen molar-refractivity contribution in [2.75, 3.05) is 25.0 Å². The van der Waals surface area contributed by atoms with Crippen LogP contribution in [0.2, 0.25) is 0 Å². The second-order valence-corrected chi connectivity index (χ2v) is 3.84. The molecular formula is C12H18N2O. The number of hydrogen-bond acceptors (Lipinski definition) is 3. The normalized spacial score (nSPS) is 14.2. The Kier molecular flexibility index (Phi) is 3.45. The summed E-state index contributed by atoms with van der Waals surface area (Å²) in [6.45, 7) is 2.46. The third-order valence-corrected chi connectivity index (χ3v) is 2.64. The molecule has 0 amide bonds. The number of nitrogens with one attached hydrogen (secondary N) is 1. The fourth-order valence-electron chi connectivity index (χ4n) is 1.80. The minimum absolute atomic E-state index is 0.684. The number of aryl methyl sites for hydroxylation is 1. The first-order valence-corrected chi connectivity index (χ1v) is 5.60. The van der Waals surface area contributed by atoms with Crippen LogP contribution in [-0.2, 0) is 6.42 Å². The maximum absolute atomic E-state index is 5.59. The SMILES string of the molecule is NCCCOc1ccc2c(c1)NCCC2. The van der Waals surface area contributed by atoms with E-state index in [2.05, 4.69) is 17.4 Å². The smallest absolute Gasteiger partial charge is 0.121 e. The maximum Gasteiger partial charge on any atom is 0.121 e. The van der Waals surface area contributed by atoms with Crippen LogP contribution in [0.3, 0.4) is 0 Å². The summed E-state index contributed by atoms with van der Waals surface area (Å²) in [6, 6.07) is 6.28. The lowest BCUT2D eigenvalue weighted by molar-refractivity contribution is 0.313. The van der Waals surface area contributed by atoms with Crippen molar-refractivity contribution in [2.24, 2.45) is 5.73 Å². The molecule has 1 aliphatic heterocycles. The molecule has 1 heterocycles. The second-order valence-electron chi connectivity index (χ2n) is 3.84. The van der Waals surface area contributed by atoms with E-state index in [4.69, 9.17) is 10.5 Å². The van der Waals surface area contributed by atoms with Crippen LogP contribution in [0.25, 0.3) is 0 Å². The van der Waals surface area contributed by atoms with Gasteiger partial charge in [-0.15, -0.1) is 0 Å². The highest BCUT2D eigenvalue weighted by atomic mass is 16.5. The van der Waals surface area contributed by atoms with E-state index in [0.717, 1.165) is 18.7 Å². The second kappa shape index (κ2) is 5.03. The Balaban J connectivity index is 2.00. The van der Waals surface area contributed by atoms with E-state index in [1.54, 1.807) is 0 Å². The Labute approximate surface area is 90.6 Å². The Bertz CT molecular complexity index is 325. The highest BCUT2D eigenvalue weighted by Crippen LogP contribution is 2.26. The Morgan fingerprint density at radius 1 is 1.40 bits per heavy atom. The van der Waals surface area contributed by atoms with E-state index in [0.29, 0.717) is 13.2 Å². The highest BCUT2D eigenvalue weighted by molar-refractivity contribution is 5.56. The third kappa shape index (κ3) is 2.63. The van der Waals surface area contributed by atoms with E-state index in [-0.39, 0.29) is 0 Å². The molecule has 0 aliphatic carbocycles. The first-order valence-electron chi connectivity index (χ1n) is 5.60. The molecule has 0 radical (unpaired) electrons. The standard InChI is InChI=1S/C12H18N2O/c13-6-2-8-15-11-5-4-10-3-1-7-14-12(10)9-11/h4-5,9,14H,1-3,6-8,13H2. The molecule has 0 atom stereocenters. The summed E-state index contributed by atoms with van der Waals surface area (Å²) in [5, 5.41) is 3.39. The molecule has 1 aromatic carbocycles. The highest BCUT2D eigenvalue weighted by Gasteiger charge is 2.08. The lowest BCUT2D eigenvalue weighted by Gasteiger charge is -2.18. The molecule has 3 heteroatoms. The summed E-state index contributed by atoms with van der Waals surface area (Å²) in [6.07, 6.45) is 3.30. The van der Waals surface area contributed by atoms with Gasteiger partial charge >= 0.3 is 0 Å². The Morgan fingerprint density at radius 2 is 2.33 bits per heavy atom. The van der Waals surface area contributed by atoms with Gasteiger partial charge in [0.2, 0.25) is 0 Å². The lowest BCUT2D eigenvalue weighted by atomic mass is 10.0. The quantitative estimate of drug-likeness (QED) is 0.738. The first kappa shape index (κ1) is 10.3. The number of ether oxygens (including phenoxy) is 1. The van der Waals surface area contributed by atoms with E-state index >= 15 is 0 Å². The van der Waals surface area contributed by atoms with Crippen LogP contribution in [-0.4, -0.2) is 19.7 Å². The van der Waals surface area contributed by atoms with Gasteiger partial charge in [-0.25, -0.2) is 0 Å². The van der Waals surface area contributed by atoms with E-state index in [1.807, 2.05) is 6.07 Å². The zero-order chi connectivity index (χ0) is 10.5. The van der Waals surface area contributed by atoms with Gasteiger partial charge in [0.25, 0.3) is 0 Å². The summed E-state index contributed by atoms with van der Waals surface area (Å²) < 4.78 is 5.59. The summed E-state index contributed by atoms with van der Waals surface area (Å²) in [7, 11) is 0. The monoisotopic (exact) mass is 206 g/mol. The van der Waals surface area contributed by atoms with Crippen molar-refractivity contribution in [1.29, 1.82) is 0 Å². The minimum atomic E-state index is 0.684. The van der Waals surface area contributed by atoms with Crippen molar-refractivity contribution >= 4 is 5.69 Å². The van der Waals surface area contributed by atoms with Crippen LogP contribution in [0.15, 0.2) is 18.2 Å². The predicted octanol–water partition coefficient (Wildman–Crippen LogP) is 1.77. The molecular weight excluding hydrogens is 188 g/mol. The Morgan fingerprint density at radius 3 is 3.20 bits per heavy atom. The molecule has 1 aromatic rings. The largest absolute Gasteiger partial charge is 0.493 e. The summed E-state index contributed by atoms with van der Waals surface area (Å²) >= 11 is 0. The molecule has 0 saturated heterocycles. The minimum Gasteiger partial charge on any atom is -0.493 e. The molecule has 0 spiro atoms. The van der Waals surface area contributed by atoms with Gasteiger partial charge in [-0.3, -0.25) is 0 Å². The zero-order valence-corrected chi connectivity index (χ0v) is 8.96. The fraction of sp³-hybridized carbons (Fsp3) is 0.500. The molecule has 82 valence electrons.